The number of benzene rings is 1. The van der Waals surface area contributed by atoms with Crippen molar-refractivity contribution in [3.8, 4) is 0 Å². The van der Waals surface area contributed by atoms with Gasteiger partial charge in [0.1, 0.15) is 0 Å². The summed E-state index contributed by atoms with van der Waals surface area (Å²) in [5, 5.41) is 3.71. The van der Waals surface area contributed by atoms with Crippen molar-refractivity contribution in [3.05, 3.63) is 35.4 Å². The maximum atomic E-state index is 3.71. The third-order valence-corrected chi connectivity index (χ3v) is 4.01. The molecule has 0 heterocycles. The van der Waals surface area contributed by atoms with Crippen molar-refractivity contribution >= 4 is 0 Å². The second-order valence-corrected chi connectivity index (χ2v) is 6.03. The van der Waals surface area contributed by atoms with Crippen LogP contribution in [-0.4, -0.2) is 6.04 Å². The molecule has 0 aliphatic carbocycles. The van der Waals surface area contributed by atoms with Crippen LogP contribution in [0.15, 0.2) is 24.3 Å². The van der Waals surface area contributed by atoms with E-state index in [1.54, 1.807) is 0 Å². The summed E-state index contributed by atoms with van der Waals surface area (Å²) in [5.41, 5.74) is 2.85. The van der Waals surface area contributed by atoms with Crippen molar-refractivity contribution in [1.82, 2.24) is 5.32 Å². The molecule has 1 heteroatoms. The lowest BCUT2D eigenvalue weighted by Gasteiger charge is -2.22. The van der Waals surface area contributed by atoms with E-state index >= 15 is 0 Å². The van der Waals surface area contributed by atoms with Crippen LogP contribution in [0.4, 0.5) is 0 Å². The fourth-order valence-corrected chi connectivity index (χ4v) is 2.62. The number of aryl methyl sites for hydroxylation is 1. The summed E-state index contributed by atoms with van der Waals surface area (Å²) in [5.74, 6) is 0.807. The molecule has 0 saturated heterocycles. The summed E-state index contributed by atoms with van der Waals surface area (Å²) < 4.78 is 0. The van der Waals surface area contributed by atoms with Gasteiger partial charge in [0, 0.05) is 12.1 Å². The Bertz CT molecular complexity index is 341. The Labute approximate surface area is 119 Å². The molecule has 0 bridgehead atoms. The molecule has 19 heavy (non-hydrogen) atoms. The third kappa shape index (κ3) is 5.78. The average molecular weight is 261 g/mol. The Morgan fingerprint density at radius 3 is 2.16 bits per heavy atom. The normalized spacial score (nSPS) is 16.1. The van der Waals surface area contributed by atoms with Crippen molar-refractivity contribution in [2.75, 3.05) is 0 Å². The summed E-state index contributed by atoms with van der Waals surface area (Å²) in [6.45, 7) is 11.4. The predicted molar refractivity (Wildman–Crippen MR) is 85.5 cm³/mol. The largest absolute Gasteiger partial charge is 0.308 e. The number of nitrogens with one attached hydrogen (secondary N) is 1. The van der Waals surface area contributed by atoms with Gasteiger partial charge >= 0.3 is 0 Å². The lowest BCUT2D eigenvalue weighted by Crippen LogP contribution is -2.30. The van der Waals surface area contributed by atoms with Gasteiger partial charge in [0.15, 0.2) is 0 Å². The minimum absolute atomic E-state index is 0.440. The first kappa shape index (κ1) is 16.2. The van der Waals surface area contributed by atoms with E-state index in [4.69, 9.17) is 0 Å². The fourth-order valence-electron chi connectivity index (χ4n) is 2.62. The summed E-state index contributed by atoms with van der Waals surface area (Å²) >= 11 is 0. The van der Waals surface area contributed by atoms with Crippen LogP contribution < -0.4 is 5.32 Å². The van der Waals surface area contributed by atoms with Gasteiger partial charge in [0.2, 0.25) is 0 Å². The molecule has 1 rings (SSSR count). The van der Waals surface area contributed by atoms with E-state index in [-0.39, 0.29) is 0 Å². The highest BCUT2D eigenvalue weighted by atomic mass is 14.9. The van der Waals surface area contributed by atoms with Crippen LogP contribution in [0.5, 0.6) is 0 Å². The summed E-state index contributed by atoms with van der Waals surface area (Å²) in [6, 6.07) is 10.1. The Hall–Kier alpha value is -0.820. The highest BCUT2D eigenvalue weighted by Crippen LogP contribution is 2.17. The van der Waals surface area contributed by atoms with Crippen LogP contribution in [0.1, 0.15) is 71.0 Å². The zero-order valence-corrected chi connectivity index (χ0v) is 13.4. The SMILES string of the molecule is CCCc1ccc(C(C)NC(C)CC(C)CC)cc1. The molecule has 0 aliphatic rings. The van der Waals surface area contributed by atoms with Crippen LogP contribution >= 0.6 is 0 Å². The summed E-state index contributed by atoms with van der Waals surface area (Å²) in [7, 11) is 0. The van der Waals surface area contributed by atoms with Crippen LogP contribution in [0, 0.1) is 5.92 Å². The molecule has 0 saturated carbocycles. The van der Waals surface area contributed by atoms with Crippen molar-refractivity contribution in [2.24, 2.45) is 5.92 Å². The summed E-state index contributed by atoms with van der Waals surface area (Å²) in [4.78, 5) is 0. The van der Waals surface area contributed by atoms with Crippen LogP contribution in [0.3, 0.4) is 0 Å². The van der Waals surface area contributed by atoms with E-state index in [0.717, 1.165) is 5.92 Å². The van der Waals surface area contributed by atoms with Gasteiger partial charge in [-0.1, -0.05) is 57.9 Å². The maximum absolute atomic E-state index is 3.71. The first-order chi connectivity index (χ1) is 9.06. The van der Waals surface area contributed by atoms with Gasteiger partial charge in [-0.3, -0.25) is 0 Å². The molecule has 1 N–H and O–H groups in total. The van der Waals surface area contributed by atoms with Gasteiger partial charge in [-0.2, -0.15) is 0 Å². The molecule has 0 amide bonds. The van der Waals surface area contributed by atoms with Crippen molar-refractivity contribution in [3.63, 3.8) is 0 Å². The molecule has 3 atom stereocenters. The quantitative estimate of drug-likeness (QED) is 0.685. The number of hydrogen-bond donors (Lipinski definition) is 1. The summed E-state index contributed by atoms with van der Waals surface area (Å²) in [6.07, 6.45) is 4.94. The van der Waals surface area contributed by atoms with Crippen LogP contribution in [0.25, 0.3) is 0 Å². The van der Waals surface area contributed by atoms with Crippen molar-refractivity contribution < 1.29 is 0 Å². The molecule has 108 valence electrons. The molecule has 0 aromatic heterocycles. The first-order valence-electron chi connectivity index (χ1n) is 7.91. The zero-order valence-electron chi connectivity index (χ0n) is 13.4. The predicted octanol–water partition coefficient (Wildman–Crippen LogP) is 5.11. The highest BCUT2D eigenvalue weighted by Gasteiger charge is 2.11. The molecular formula is C18H31N. The van der Waals surface area contributed by atoms with Crippen molar-refractivity contribution in [1.29, 1.82) is 0 Å². The molecule has 1 nitrogen and oxygen atoms in total. The van der Waals surface area contributed by atoms with Gasteiger partial charge < -0.3 is 5.32 Å². The van der Waals surface area contributed by atoms with Gasteiger partial charge in [0.25, 0.3) is 0 Å². The maximum Gasteiger partial charge on any atom is 0.0294 e. The lowest BCUT2D eigenvalue weighted by atomic mass is 9.98. The second-order valence-electron chi connectivity index (χ2n) is 6.03. The van der Waals surface area contributed by atoms with E-state index in [1.165, 1.54) is 36.8 Å². The number of rotatable bonds is 8. The van der Waals surface area contributed by atoms with Gasteiger partial charge in [-0.15, -0.1) is 0 Å². The smallest absolute Gasteiger partial charge is 0.0294 e. The van der Waals surface area contributed by atoms with Crippen molar-refractivity contribution in [2.45, 2.75) is 72.4 Å². The molecular weight excluding hydrogens is 230 g/mol. The topological polar surface area (TPSA) is 12.0 Å². The Balaban J connectivity index is 2.50. The minimum atomic E-state index is 0.440. The Morgan fingerprint density at radius 1 is 1.00 bits per heavy atom. The van der Waals surface area contributed by atoms with E-state index in [2.05, 4.69) is 64.2 Å². The van der Waals surface area contributed by atoms with E-state index in [9.17, 15) is 0 Å². The molecule has 0 aliphatic heterocycles. The molecule has 1 aromatic rings. The second kappa shape index (κ2) is 8.37. The lowest BCUT2D eigenvalue weighted by molar-refractivity contribution is 0.385. The standard InChI is InChI=1S/C18H31N/c1-6-8-17-9-11-18(12-10-17)16(5)19-15(4)13-14(3)7-2/h9-12,14-16,19H,6-8,13H2,1-5H3. The number of hydrogen-bond acceptors (Lipinski definition) is 1. The Kier molecular flexibility index (Phi) is 7.15. The van der Waals surface area contributed by atoms with E-state index < -0.39 is 0 Å². The van der Waals surface area contributed by atoms with Crippen LogP contribution in [0.2, 0.25) is 0 Å². The fraction of sp³-hybridized carbons (Fsp3) is 0.667. The average Bonchev–Trinajstić information content (AvgIpc) is 2.39. The molecule has 1 aromatic carbocycles. The van der Waals surface area contributed by atoms with E-state index in [0.29, 0.717) is 12.1 Å². The van der Waals surface area contributed by atoms with Gasteiger partial charge in [-0.25, -0.2) is 0 Å². The monoisotopic (exact) mass is 261 g/mol. The highest BCUT2D eigenvalue weighted by molar-refractivity contribution is 5.24. The molecule has 0 radical (unpaired) electrons. The zero-order chi connectivity index (χ0) is 14.3. The molecule has 3 unspecified atom stereocenters. The third-order valence-electron chi connectivity index (χ3n) is 4.01. The first-order valence-corrected chi connectivity index (χ1v) is 7.91. The Morgan fingerprint density at radius 2 is 1.63 bits per heavy atom. The van der Waals surface area contributed by atoms with E-state index in [1.807, 2.05) is 0 Å². The van der Waals surface area contributed by atoms with Crippen LogP contribution in [-0.2, 0) is 6.42 Å². The molecule has 0 spiro atoms. The van der Waals surface area contributed by atoms with Gasteiger partial charge in [-0.05, 0) is 43.7 Å². The minimum Gasteiger partial charge on any atom is -0.308 e. The molecule has 0 fully saturated rings. The van der Waals surface area contributed by atoms with Gasteiger partial charge in [0.05, 0.1) is 0 Å².